The zero-order valence-corrected chi connectivity index (χ0v) is 15.0. The molecule has 0 heterocycles. The second-order valence-corrected chi connectivity index (χ2v) is 8.28. The van der Waals surface area contributed by atoms with E-state index in [2.05, 4.69) is 40.7 Å². The summed E-state index contributed by atoms with van der Waals surface area (Å²) >= 11 is 0. The lowest BCUT2D eigenvalue weighted by atomic mass is 9.72. The molecule has 0 saturated carbocycles. The summed E-state index contributed by atoms with van der Waals surface area (Å²) in [6.07, 6.45) is -3.33. The molecule has 24 heavy (non-hydrogen) atoms. The minimum absolute atomic E-state index is 0.0457. The van der Waals surface area contributed by atoms with Crippen molar-refractivity contribution in [3.63, 3.8) is 0 Å². The van der Waals surface area contributed by atoms with Crippen molar-refractivity contribution in [3.8, 4) is 11.1 Å². The standard InChI is InChI=1S/C21H25F3/c1-19(2,3)14-20(4,5)17-10-6-8-15(12-17)16-9-7-11-18(13-16)21(22,23)24/h6-13H,14H2,1-5H3. The summed E-state index contributed by atoms with van der Waals surface area (Å²) in [4.78, 5) is 0. The van der Waals surface area contributed by atoms with E-state index in [1.54, 1.807) is 6.07 Å². The van der Waals surface area contributed by atoms with E-state index in [1.807, 2.05) is 18.2 Å². The van der Waals surface area contributed by atoms with Gasteiger partial charge in [0, 0.05) is 0 Å². The molecule has 0 atom stereocenters. The number of hydrogen-bond acceptors (Lipinski definition) is 0. The maximum Gasteiger partial charge on any atom is 0.416 e. The zero-order valence-electron chi connectivity index (χ0n) is 15.0. The highest BCUT2D eigenvalue weighted by atomic mass is 19.4. The van der Waals surface area contributed by atoms with Gasteiger partial charge < -0.3 is 0 Å². The Morgan fingerprint density at radius 1 is 0.708 bits per heavy atom. The van der Waals surface area contributed by atoms with Gasteiger partial charge in [-0.3, -0.25) is 0 Å². The minimum Gasteiger partial charge on any atom is -0.166 e. The van der Waals surface area contributed by atoms with Crippen molar-refractivity contribution in [2.24, 2.45) is 5.41 Å². The molecule has 0 saturated heterocycles. The first-order chi connectivity index (χ1) is 10.9. The van der Waals surface area contributed by atoms with E-state index < -0.39 is 11.7 Å². The Hall–Kier alpha value is -1.77. The number of benzene rings is 2. The van der Waals surface area contributed by atoms with E-state index in [0.717, 1.165) is 23.6 Å². The Kier molecular flexibility index (Phi) is 4.85. The van der Waals surface area contributed by atoms with E-state index in [4.69, 9.17) is 0 Å². The minimum atomic E-state index is -4.32. The quantitative estimate of drug-likeness (QED) is 0.562. The van der Waals surface area contributed by atoms with Crippen LogP contribution in [0.1, 0.15) is 52.2 Å². The molecule has 0 amide bonds. The number of hydrogen-bond donors (Lipinski definition) is 0. The van der Waals surface area contributed by atoms with Gasteiger partial charge in [0.15, 0.2) is 0 Å². The molecular weight excluding hydrogens is 309 g/mol. The van der Waals surface area contributed by atoms with Crippen molar-refractivity contribution >= 4 is 0 Å². The van der Waals surface area contributed by atoms with Crippen LogP contribution in [0.3, 0.4) is 0 Å². The van der Waals surface area contributed by atoms with Crippen LogP contribution in [0.5, 0.6) is 0 Å². The molecule has 0 N–H and O–H groups in total. The van der Waals surface area contributed by atoms with Crippen LogP contribution in [0.4, 0.5) is 13.2 Å². The molecule has 0 aliphatic rings. The highest BCUT2D eigenvalue weighted by Gasteiger charge is 2.31. The molecule has 2 rings (SSSR count). The van der Waals surface area contributed by atoms with Gasteiger partial charge in [-0.2, -0.15) is 13.2 Å². The van der Waals surface area contributed by atoms with Crippen LogP contribution in [-0.2, 0) is 11.6 Å². The Labute approximate surface area is 142 Å². The fourth-order valence-electron chi connectivity index (χ4n) is 3.42. The normalized spacial score (nSPS) is 13.2. The van der Waals surface area contributed by atoms with Crippen LogP contribution in [0.2, 0.25) is 0 Å². The zero-order chi connectivity index (χ0) is 18.2. The van der Waals surface area contributed by atoms with Crippen LogP contribution in [0.25, 0.3) is 11.1 Å². The van der Waals surface area contributed by atoms with E-state index in [1.165, 1.54) is 12.1 Å². The largest absolute Gasteiger partial charge is 0.416 e. The Morgan fingerprint density at radius 2 is 1.17 bits per heavy atom. The van der Waals surface area contributed by atoms with Crippen LogP contribution in [0, 0.1) is 5.41 Å². The third kappa shape index (κ3) is 4.62. The van der Waals surface area contributed by atoms with E-state index in [0.29, 0.717) is 5.56 Å². The lowest BCUT2D eigenvalue weighted by molar-refractivity contribution is -0.137. The number of alkyl halides is 3. The van der Waals surface area contributed by atoms with Crippen LogP contribution >= 0.6 is 0 Å². The average molecular weight is 334 g/mol. The predicted molar refractivity (Wildman–Crippen MR) is 94.0 cm³/mol. The second-order valence-electron chi connectivity index (χ2n) is 8.28. The molecule has 0 aliphatic carbocycles. The summed E-state index contributed by atoms with van der Waals surface area (Å²) in [6.45, 7) is 11.0. The van der Waals surface area contributed by atoms with Crippen LogP contribution in [0.15, 0.2) is 48.5 Å². The molecule has 0 aliphatic heterocycles. The van der Waals surface area contributed by atoms with Gasteiger partial charge in [0.25, 0.3) is 0 Å². The first kappa shape index (κ1) is 18.6. The van der Waals surface area contributed by atoms with Gasteiger partial charge in [-0.15, -0.1) is 0 Å². The summed E-state index contributed by atoms with van der Waals surface area (Å²) in [6, 6.07) is 13.4. The molecule has 0 spiro atoms. The number of halogens is 3. The third-order valence-corrected chi connectivity index (χ3v) is 4.14. The molecular formula is C21H25F3. The molecule has 2 aromatic carbocycles. The van der Waals surface area contributed by atoms with Crippen molar-refractivity contribution in [3.05, 3.63) is 59.7 Å². The van der Waals surface area contributed by atoms with Gasteiger partial charge in [-0.05, 0) is 46.1 Å². The third-order valence-electron chi connectivity index (χ3n) is 4.14. The Balaban J connectivity index is 2.41. The summed E-state index contributed by atoms with van der Waals surface area (Å²) in [5, 5.41) is 0. The summed E-state index contributed by atoms with van der Waals surface area (Å²) in [5.41, 5.74) is 2.08. The maximum atomic E-state index is 12.9. The van der Waals surface area contributed by atoms with Gasteiger partial charge in [0.2, 0.25) is 0 Å². The van der Waals surface area contributed by atoms with Gasteiger partial charge in [0.05, 0.1) is 5.56 Å². The van der Waals surface area contributed by atoms with Crippen molar-refractivity contribution < 1.29 is 13.2 Å². The Bertz CT molecular complexity index is 704. The first-order valence-electron chi connectivity index (χ1n) is 8.17. The van der Waals surface area contributed by atoms with E-state index in [-0.39, 0.29) is 10.8 Å². The SMILES string of the molecule is CC(C)(C)CC(C)(C)c1cccc(-c2cccc(C(F)(F)F)c2)c1. The summed E-state index contributed by atoms with van der Waals surface area (Å²) in [7, 11) is 0. The fraction of sp³-hybridized carbons (Fsp3) is 0.429. The van der Waals surface area contributed by atoms with Crippen molar-refractivity contribution in [2.45, 2.75) is 52.6 Å². The topological polar surface area (TPSA) is 0 Å². The van der Waals surface area contributed by atoms with Gasteiger partial charge in [-0.25, -0.2) is 0 Å². The smallest absolute Gasteiger partial charge is 0.166 e. The summed E-state index contributed by atoms with van der Waals surface area (Å²) < 4.78 is 38.8. The Morgan fingerprint density at radius 3 is 1.62 bits per heavy atom. The van der Waals surface area contributed by atoms with E-state index >= 15 is 0 Å². The molecule has 0 fully saturated rings. The van der Waals surface area contributed by atoms with Crippen LogP contribution < -0.4 is 0 Å². The molecule has 0 bridgehead atoms. The lowest BCUT2D eigenvalue weighted by Crippen LogP contribution is -2.24. The maximum absolute atomic E-state index is 12.9. The van der Waals surface area contributed by atoms with Gasteiger partial charge in [-0.1, -0.05) is 71.0 Å². The molecule has 3 heteroatoms. The van der Waals surface area contributed by atoms with E-state index in [9.17, 15) is 13.2 Å². The highest BCUT2D eigenvalue weighted by molar-refractivity contribution is 5.65. The number of rotatable bonds is 3. The molecule has 2 aromatic rings. The monoisotopic (exact) mass is 334 g/mol. The predicted octanol–water partition coefficient (Wildman–Crippen LogP) is 7.09. The molecule has 0 radical (unpaired) electrons. The summed E-state index contributed by atoms with van der Waals surface area (Å²) in [5.74, 6) is 0. The van der Waals surface area contributed by atoms with Crippen molar-refractivity contribution in [1.29, 1.82) is 0 Å². The first-order valence-corrected chi connectivity index (χ1v) is 8.17. The molecule has 0 nitrogen and oxygen atoms in total. The lowest BCUT2D eigenvalue weighted by Gasteiger charge is -2.33. The fourth-order valence-corrected chi connectivity index (χ4v) is 3.42. The van der Waals surface area contributed by atoms with Gasteiger partial charge >= 0.3 is 6.18 Å². The molecule has 130 valence electrons. The van der Waals surface area contributed by atoms with Gasteiger partial charge in [0.1, 0.15) is 0 Å². The highest BCUT2D eigenvalue weighted by Crippen LogP contribution is 2.38. The van der Waals surface area contributed by atoms with Crippen LogP contribution in [-0.4, -0.2) is 0 Å². The second kappa shape index (κ2) is 6.27. The average Bonchev–Trinajstić information content (AvgIpc) is 2.44. The molecule has 0 unspecified atom stereocenters. The molecule has 0 aromatic heterocycles. The van der Waals surface area contributed by atoms with Crippen molar-refractivity contribution in [1.82, 2.24) is 0 Å². The van der Waals surface area contributed by atoms with Crippen molar-refractivity contribution in [2.75, 3.05) is 0 Å².